The molecule has 0 aromatic carbocycles. The van der Waals surface area contributed by atoms with Crippen molar-refractivity contribution in [1.29, 1.82) is 0 Å². The van der Waals surface area contributed by atoms with Crippen LogP contribution >= 0.6 is 0 Å². The predicted molar refractivity (Wildman–Crippen MR) is 38.7 cm³/mol. The molecule has 10 heavy (non-hydrogen) atoms. The summed E-state index contributed by atoms with van der Waals surface area (Å²) in [5.74, 6) is 0.534. The van der Waals surface area contributed by atoms with Crippen LogP contribution in [0.15, 0.2) is 6.33 Å². The van der Waals surface area contributed by atoms with Gasteiger partial charge in [-0.3, -0.25) is 0 Å². The lowest BCUT2D eigenvalue weighted by Gasteiger charge is -1.91. The largest absolute Gasteiger partial charge is 0.348 e. The fourth-order valence-electron chi connectivity index (χ4n) is 1.27. The molecule has 2 rings (SSSR count). The molecule has 0 amide bonds. The van der Waals surface area contributed by atoms with Gasteiger partial charge in [0.2, 0.25) is 0 Å². The fraction of sp³-hybridized carbons (Fsp3) is 0.571. The van der Waals surface area contributed by atoms with Gasteiger partial charge >= 0.3 is 0 Å². The summed E-state index contributed by atoms with van der Waals surface area (Å²) in [6, 6.07) is 0.363. The minimum Gasteiger partial charge on any atom is -0.348 e. The molecule has 0 radical (unpaired) electrons. The molecule has 0 spiro atoms. The maximum absolute atomic E-state index is 5.67. The first kappa shape index (κ1) is 5.92. The van der Waals surface area contributed by atoms with E-state index in [9.17, 15) is 0 Å². The van der Waals surface area contributed by atoms with Crippen LogP contribution in [0.1, 0.15) is 23.7 Å². The monoisotopic (exact) mass is 137 g/mol. The highest BCUT2D eigenvalue weighted by molar-refractivity contribution is 5.23. The van der Waals surface area contributed by atoms with E-state index in [1.165, 1.54) is 0 Å². The predicted octanol–water partition coefficient (Wildman–Crippen LogP) is 0.533. The maximum atomic E-state index is 5.67. The quantitative estimate of drug-likeness (QED) is 0.593. The summed E-state index contributed by atoms with van der Waals surface area (Å²) in [5, 5.41) is 0. The Hall–Kier alpha value is -0.830. The van der Waals surface area contributed by atoms with Gasteiger partial charge in [-0.1, -0.05) is 0 Å². The zero-order valence-corrected chi connectivity index (χ0v) is 5.96. The van der Waals surface area contributed by atoms with E-state index in [0.717, 1.165) is 17.8 Å². The van der Waals surface area contributed by atoms with E-state index < -0.39 is 0 Å². The second-order valence-corrected chi connectivity index (χ2v) is 2.92. The normalized spacial score (nSPS) is 30.6. The molecule has 54 valence electrons. The van der Waals surface area contributed by atoms with Crippen LogP contribution in [0.25, 0.3) is 0 Å². The first-order valence-electron chi connectivity index (χ1n) is 3.54. The molecule has 1 aliphatic carbocycles. The molecule has 3 heteroatoms. The summed E-state index contributed by atoms with van der Waals surface area (Å²) in [6.45, 7) is 2.04. The number of nitrogens with zero attached hydrogens (tertiary/aromatic N) is 1. The highest BCUT2D eigenvalue weighted by Crippen LogP contribution is 2.38. The number of aromatic nitrogens is 2. The summed E-state index contributed by atoms with van der Waals surface area (Å²) in [4.78, 5) is 7.24. The SMILES string of the molecule is Cc1[nH]cnc1[C@@H]1C[C@H]1N. The molecule has 2 atom stereocenters. The smallest absolute Gasteiger partial charge is 0.0925 e. The van der Waals surface area contributed by atoms with Crippen molar-refractivity contribution in [3.63, 3.8) is 0 Å². The highest BCUT2D eigenvalue weighted by atomic mass is 14.9. The van der Waals surface area contributed by atoms with E-state index >= 15 is 0 Å². The number of aryl methyl sites for hydroxylation is 1. The molecular weight excluding hydrogens is 126 g/mol. The minimum atomic E-state index is 0.363. The van der Waals surface area contributed by atoms with Crippen LogP contribution in [0.3, 0.4) is 0 Å². The lowest BCUT2D eigenvalue weighted by atomic mass is 10.2. The van der Waals surface area contributed by atoms with Crippen molar-refractivity contribution in [3.8, 4) is 0 Å². The second-order valence-electron chi connectivity index (χ2n) is 2.92. The number of imidazole rings is 1. The van der Waals surface area contributed by atoms with Crippen LogP contribution in [0, 0.1) is 6.92 Å². The van der Waals surface area contributed by atoms with Crippen molar-refractivity contribution in [3.05, 3.63) is 17.7 Å². The van der Waals surface area contributed by atoms with Crippen molar-refractivity contribution in [2.45, 2.75) is 25.3 Å². The first-order chi connectivity index (χ1) is 4.79. The maximum Gasteiger partial charge on any atom is 0.0925 e. The van der Waals surface area contributed by atoms with E-state index in [0.29, 0.717) is 12.0 Å². The molecule has 1 aromatic rings. The lowest BCUT2D eigenvalue weighted by molar-refractivity contribution is 0.946. The molecule has 0 saturated heterocycles. The van der Waals surface area contributed by atoms with Gasteiger partial charge in [0, 0.05) is 17.7 Å². The van der Waals surface area contributed by atoms with E-state index in [1.807, 2.05) is 6.92 Å². The number of aromatic amines is 1. The van der Waals surface area contributed by atoms with Crippen molar-refractivity contribution in [2.24, 2.45) is 5.73 Å². The molecule has 3 N–H and O–H groups in total. The van der Waals surface area contributed by atoms with Crippen molar-refractivity contribution < 1.29 is 0 Å². The summed E-state index contributed by atoms with van der Waals surface area (Å²) in [7, 11) is 0. The Morgan fingerprint density at radius 2 is 2.50 bits per heavy atom. The summed E-state index contributed by atoms with van der Waals surface area (Å²) >= 11 is 0. The van der Waals surface area contributed by atoms with Gasteiger partial charge in [-0.15, -0.1) is 0 Å². The molecular formula is C7H11N3. The molecule has 1 aromatic heterocycles. The van der Waals surface area contributed by atoms with E-state index in [1.54, 1.807) is 6.33 Å². The van der Waals surface area contributed by atoms with Gasteiger partial charge in [-0.2, -0.15) is 0 Å². The van der Waals surface area contributed by atoms with Gasteiger partial charge in [-0.25, -0.2) is 4.98 Å². The fourth-order valence-corrected chi connectivity index (χ4v) is 1.27. The molecule has 0 unspecified atom stereocenters. The third kappa shape index (κ3) is 0.743. The third-order valence-corrected chi connectivity index (χ3v) is 2.06. The molecule has 0 bridgehead atoms. The van der Waals surface area contributed by atoms with E-state index in [2.05, 4.69) is 9.97 Å². The van der Waals surface area contributed by atoms with Crippen LogP contribution in [-0.2, 0) is 0 Å². The minimum absolute atomic E-state index is 0.363. The number of hydrogen-bond acceptors (Lipinski definition) is 2. The lowest BCUT2D eigenvalue weighted by Crippen LogP contribution is -2.01. The Bertz CT molecular complexity index is 241. The van der Waals surface area contributed by atoms with Gasteiger partial charge in [0.1, 0.15) is 0 Å². The molecule has 3 nitrogen and oxygen atoms in total. The number of hydrogen-bond donors (Lipinski definition) is 2. The topological polar surface area (TPSA) is 54.7 Å². The Labute approximate surface area is 59.7 Å². The zero-order chi connectivity index (χ0) is 7.14. The Morgan fingerprint density at radius 1 is 1.80 bits per heavy atom. The second kappa shape index (κ2) is 1.83. The number of nitrogens with one attached hydrogen (secondary N) is 1. The average molecular weight is 137 g/mol. The molecule has 1 aliphatic rings. The van der Waals surface area contributed by atoms with Gasteiger partial charge in [-0.05, 0) is 13.3 Å². The number of H-pyrrole nitrogens is 1. The van der Waals surface area contributed by atoms with Crippen molar-refractivity contribution >= 4 is 0 Å². The van der Waals surface area contributed by atoms with E-state index in [-0.39, 0.29) is 0 Å². The molecule has 1 fully saturated rings. The first-order valence-corrected chi connectivity index (χ1v) is 3.54. The molecule has 0 aliphatic heterocycles. The van der Waals surface area contributed by atoms with Crippen molar-refractivity contribution in [1.82, 2.24) is 9.97 Å². The van der Waals surface area contributed by atoms with Crippen LogP contribution in [-0.4, -0.2) is 16.0 Å². The Kier molecular flexibility index (Phi) is 1.08. The molecule has 1 saturated carbocycles. The Morgan fingerprint density at radius 3 is 2.90 bits per heavy atom. The van der Waals surface area contributed by atoms with Gasteiger partial charge in [0.05, 0.1) is 12.0 Å². The van der Waals surface area contributed by atoms with Crippen molar-refractivity contribution in [2.75, 3.05) is 0 Å². The van der Waals surface area contributed by atoms with Crippen LogP contribution in [0.5, 0.6) is 0 Å². The van der Waals surface area contributed by atoms with Gasteiger partial charge in [0.25, 0.3) is 0 Å². The number of rotatable bonds is 1. The average Bonchev–Trinajstić information content (AvgIpc) is 2.42. The van der Waals surface area contributed by atoms with Crippen LogP contribution in [0.2, 0.25) is 0 Å². The van der Waals surface area contributed by atoms with Gasteiger partial charge < -0.3 is 10.7 Å². The highest BCUT2D eigenvalue weighted by Gasteiger charge is 2.37. The summed E-state index contributed by atoms with van der Waals surface area (Å²) in [5.41, 5.74) is 8.00. The van der Waals surface area contributed by atoms with Crippen LogP contribution in [0.4, 0.5) is 0 Å². The number of nitrogens with two attached hydrogens (primary N) is 1. The summed E-state index contributed by atoms with van der Waals surface area (Å²) in [6.07, 6.45) is 2.83. The summed E-state index contributed by atoms with van der Waals surface area (Å²) < 4.78 is 0. The van der Waals surface area contributed by atoms with E-state index in [4.69, 9.17) is 5.73 Å². The van der Waals surface area contributed by atoms with Crippen LogP contribution < -0.4 is 5.73 Å². The third-order valence-electron chi connectivity index (χ3n) is 2.06. The van der Waals surface area contributed by atoms with Gasteiger partial charge in [0.15, 0.2) is 0 Å². The zero-order valence-electron chi connectivity index (χ0n) is 5.96. The molecule has 1 heterocycles. The standard InChI is InChI=1S/C7H11N3/c1-4-7(10-3-9-4)5-2-6(5)8/h3,5-6H,2,8H2,1H3,(H,9,10)/t5-,6-/m1/s1. The Balaban J connectivity index is 2.26.